The lowest BCUT2D eigenvalue weighted by Crippen LogP contribution is -1.89. The van der Waals surface area contributed by atoms with Gasteiger partial charge in [-0.15, -0.1) is 0 Å². The molecule has 0 saturated carbocycles. The fourth-order valence-corrected chi connectivity index (χ4v) is 2.25. The summed E-state index contributed by atoms with van der Waals surface area (Å²) in [6, 6.07) is 13.3. The van der Waals surface area contributed by atoms with E-state index in [2.05, 4.69) is 11.1 Å². The molecule has 3 nitrogen and oxygen atoms in total. The normalized spacial score (nSPS) is 9.88. The van der Waals surface area contributed by atoms with Crippen LogP contribution < -0.4 is 5.73 Å². The highest BCUT2D eigenvalue weighted by molar-refractivity contribution is 7.99. The molecule has 0 aliphatic carbocycles. The SMILES string of the molecule is Cc1ccc(C#N)c(Sc2ccc(N)cc2)n1. The van der Waals surface area contributed by atoms with Gasteiger partial charge in [0.1, 0.15) is 11.1 Å². The molecule has 1 aromatic carbocycles. The largest absolute Gasteiger partial charge is 0.399 e. The first kappa shape index (κ1) is 11.5. The first-order valence-corrected chi connectivity index (χ1v) is 5.92. The van der Waals surface area contributed by atoms with Crippen LogP contribution in [0.4, 0.5) is 5.69 Å². The second-order valence-corrected chi connectivity index (χ2v) is 4.65. The minimum atomic E-state index is 0.595. The van der Waals surface area contributed by atoms with Crippen LogP contribution in [0.25, 0.3) is 0 Å². The lowest BCUT2D eigenvalue weighted by atomic mass is 10.3. The van der Waals surface area contributed by atoms with E-state index in [9.17, 15) is 0 Å². The Kier molecular flexibility index (Phi) is 3.31. The maximum Gasteiger partial charge on any atom is 0.119 e. The smallest absolute Gasteiger partial charge is 0.119 e. The van der Waals surface area contributed by atoms with Crippen molar-refractivity contribution in [1.82, 2.24) is 4.98 Å². The van der Waals surface area contributed by atoms with E-state index >= 15 is 0 Å². The Bertz CT molecular complexity index is 570. The highest BCUT2D eigenvalue weighted by Crippen LogP contribution is 2.29. The lowest BCUT2D eigenvalue weighted by molar-refractivity contribution is 1.05. The number of nitrogen functional groups attached to an aromatic ring is 1. The van der Waals surface area contributed by atoms with E-state index < -0.39 is 0 Å². The molecular weight excluding hydrogens is 230 g/mol. The van der Waals surface area contributed by atoms with E-state index in [0.29, 0.717) is 5.56 Å². The number of nitrogens with zero attached hydrogens (tertiary/aromatic N) is 2. The van der Waals surface area contributed by atoms with E-state index in [0.717, 1.165) is 21.3 Å². The van der Waals surface area contributed by atoms with Gasteiger partial charge in [-0.1, -0.05) is 11.8 Å². The van der Waals surface area contributed by atoms with Gasteiger partial charge in [-0.2, -0.15) is 5.26 Å². The molecule has 0 radical (unpaired) electrons. The molecule has 0 unspecified atom stereocenters. The first-order chi connectivity index (χ1) is 8.19. The fourth-order valence-electron chi connectivity index (χ4n) is 1.34. The van der Waals surface area contributed by atoms with Gasteiger partial charge in [0.05, 0.1) is 5.56 Å². The van der Waals surface area contributed by atoms with Crippen molar-refractivity contribution >= 4 is 17.4 Å². The van der Waals surface area contributed by atoms with Crippen LogP contribution in [0, 0.1) is 18.3 Å². The number of benzene rings is 1. The third-order valence-corrected chi connectivity index (χ3v) is 3.23. The van der Waals surface area contributed by atoms with Crippen molar-refractivity contribution in [2.45, 2.75) is 16.8 Å². The van der Waals surface area contributed by atoms with Gasteiger partial charge in [-0.3, -0.25) is 0 Å². The number of rotatable bonds is 2. The average Bonchev–Trinajstić information content (AvgIpc) is 2.32. The van der Waals surface area contributed by atoms with Gasteiger partial charge >= 0.3 is 0 Å². The number of pyridine rings is 1. The first-order valence-electron chi connectivity index (χ1n) is 5.10. The zero-order valence-electron chi connectivity index (χ0n) is 9.34. The molecule has 4 heteroatoms. The zero-order valence-corrected chi connectivity index (χ0v) is 10.2. The van der Waals surface area contributed by atoms with Crippen LogP contribution >= 0.6 is 11.8 Å². The van der Waals surface area contributed by atoms with Crippen LogP contribution in [-0.2, 0) is 0 Å². The van der Waals surface area contributed by atoms with Crippen LogP contribution in [0.2, 0.25) is 0 Å². The monoisotopic (exact) mass is 241 g/mol. The van der Waals surface area contributed by atoms with Gasteiger partial charge in [0, 0.05) is 16.3 Å². The Hall–Kier alpha value is -1.99. The Morgan fingerprint density at radius 1 is 1.18 bits per heavy atom. The lowest BCUT2D eigenvalue weighted by Gasteiger charge is -2.04. The van der Waals surface area contributed by atoms with Gasteiger partial charge in [0.25, 0.3) is 0 Å². The number of hydrogen-bond donors (Lipinski definition) is 1. The van der Waals surface area contributed by atoms with Crippen LogP contribution in [0.5, 0.6) is 0 Å². The predicted molar refractivity (Wildman–Crippen MR) is 68.7 cm³/mol. The summed E-state index contributed by atoms with van der Waals surface area (Å²) in [6.45, 7) is 1.91. The Morgan fingerprint density at radius 3 is 2.53 bits per heavy atom. The summed E-state index contributed by atoms with van der Waals surface area (Å²) in [6.07, 6.45) is 0. The third-order valence-electron chi connectivity index (χ3n) is 2.21. The molecule has 0 aliphatic rings. The third kappa shape index (κ3) is 2.77. The van der Waals surface area contributed by atoms with Gasteiger partial charge in [0.2, 0.25) is 0 Å². The Morgan fingerprint density at radius 2 is 1.88 bits per heavy atom. The number of anilines is 1. The topological polar surface area (TPSA) is 62.7 Å². The number of aromatic nitrogens is 1. The minimum absolute atomic E-state index is 0.595. The van der Waals surface area contributed by atoms with Gasteiger partial charge in [-0.25, -0.2) is 4.98 Å². The molecule has 17 heavy (non-hydrogen) atoms. The van der Waals surface area contributed by atoms with Crippen molar-refractivity contribution in [2.24, 2.45) is 0 Å². The van der Waals surface area contributed by atoms with Crippen LogP contribution in [0.1, 0.15) is 11.3 Å². The van der Waals surface area contributed by atoms with E-state index in [1.807, 2.05) is 37.3 Å². The molecule has 0 amide bonds. The minimum Gasteiger partial charge on any atom is -0.399 e. The molecule has 84 valence electrons. The highest BCUT2D eigenvalue weighted by atomic mass is 32.2. The second-order valence-electron chi connectivity index (χ2n) is 3.59. The maximum atomic E-state index is 9.01. The summed E-state index contributed by atoms with van der Waals surface area (Å²) in [7, 11) is 0. The molecule has 0 atom stereocenters. The number of nitriles is 1. The van der Waals surface area contributed by atoms with Gasteiger partial charge in [-0.05, 0) is 43.3 Å². The molecule has 1 aromatic heterocycles. The van der Waals surface area contributed by atoms with Gasteiger partial charge < -0.3 is 5.73 Å². The van der Waals surface area contributed by atoms with E-state index in [-0.39, 0.29) is 0 Å². The highest BCUT2D eigenvalue weighted by Gasteiger charge is 2.06. The fraction of sp³-hybridized carbons (Fsp3) is 0.0769. The van der Waals surface area contributed by atoms with Crippen LogP contribution in [-0.4, -0.2) is 4.98 Å². The standard InChI is InChI=1S/C13H11N3S/c1-9-2-3-10(8-14)13(16-9)17-12-6-4-11(15)5-7-12/h2-7H,15H2,1H3. The van der Waals surface area contributed by atoms with Crippen molar-refractivity contribution in [3.63, 3.8) is 0 Å². The van der Waals surface area contributed by atoms with Crippen LogP contribution in [0.3, 0.4) is 0 Å². The molecule has 1 heterocycles. The predicted octanol–water partition coefficient (Wildman–Crippen LogP) is 3.00. The molecular formula is C13H11N3S. The van der Waals surface area contributed by atoms with E-state index in [4.69, 9.17) is 11.0 Å². The molecule has 0 saturated heterocycles. The van der Waals surface area contributed by atoms with E-state index in [1.54, 1.807) is 6.07 Å². The molecule has 0 spiro atoms. The number of aryl methyl sites for hydroxylation is 1. The summed E-state index contributed by atoms with van der Waals surface area (Å²) in [5.74, 6) is 0. The second kappa shape index (κ2) is 4.89. The number of nitrogens with two attached hydrogens (primary N) is 1. The van der Waals surface area contributed by atoms with E-state index in [1.165, 1.54) is 11.8 Å². The molecule has 2 aromatic rings. The summed E-state index contributed by atoms with van der Waals surface area (Å²) in [5.41, 5.74) is 7.85. The maximum absolute atomic E-state index is 9.01. The summed E-state index contributed by atoms with van der Waals surface area (Å²) in [5, 5.41) is 9.74. The average molecular weight is 241 g/mol. The summed E-state index contributed by atoms with van der Waals surface area (Å²) in [4.78, 5) is 5.39. The van der Waals surface area contributed by atoms with Gasteiger partial charge in [0.15, 0.2) is 0 Å². The number of hydrogen-bond acceptors (Lipinski definition) is 4. The van der Waals surface area contributed by atoms with Crippen molar-refractivity contribution in [1.29, 1.82) is 5.26 Å². The van der Waals surface area contributed by atoms with Crippen molar-refractivity contribution < 1.29 is 0 Å². The van der Waals surface area contributed by atoms with Crippen molar-refractivity contribution in [2.75, 3.05) is 5.73 Å². The zero-order chi connectivity index (χ0) is 12.3. The Labute approximate surface area is 104 Å². The van der Waals surface area contributed by atoms with Crippen molar-refractivity contribution in [3.8, 4) is 6.07 Å². The molecule has 0 fully saturated rings. The van der Waals surface area contributed by atoms with Crippen LogP contribution in [0.15, 0.2) is 46.3 Å². The molecule has 0 bridgehead atoms. The van der Waals surface area contributed by atoms with Crippen molar-refractivity contribution in [3.05, 3.63) is 47.7 Å². The molecule has 0 aliphatic heterocycles. The Balaban J connectivity index is 2.32. The summed E-state index contributed by atoms with van der Waals surface area (Å²) < 4.78 is 0. The summed E-state index contributed by atoms with van der Waals surface area (Å²) >= 11 is 1.47. The quantitative estimate of drug-likeness (QED) is 0.821. The molecule has 2 N–H and O–H groups in total. The molecule has 2 rings (SSSR count).